The number of ether oxygens (including phenoxy) is 2. The third-order valence-corrected chi connectivity index (χ3v) is 10.6. The molecule has 0 radical (unpaired) electrons. The van der Waals surface area contributed by atoms with E-state index in [4.69, 9.17) is 4.74 Å². The summed E-state index contributed by atoms with van der Waals surface area (Å²) in [5.74, 6) is 0.245. The molecule has 1 saturated carbocycles. The maximum atomic E-state index is 13.4. The van der Waals surface area contributed by atoms with Gasteiger partial charge in [0, 0.05) is 18.3 Å². The lowest BCUT2D eigenvalue weighted by molar-refractivity contribution is -0.275. The van der Waals surface area contributed by atoms with Gasteiger partial charge >= 0.3 is 12.3 Å². The van der Waals surface area contributed by atoms with Gasteiger partial charge in [0.05, 0.1) is 18.2 Å². The number of alkyl halides is 3. The van der Waals surface area contributed by atoms with Gasteiger partial charge in [0.25, 0.3) is 0 Å². The first-order valence-electron chi connectivity index (χ1n) is 18.1. The largest absolute Gasteiger partial charge is 0.573 e. The first kappa shape index (κ1) is 35.2. The predicted octanol–water partition coefficient (Wildman–Crippen LogP) is 8.17. The number of benzene rings is 2. The van der Waals surface area contributed by atoms with E-state index in [9.17, 15) is 23.1 Å². The molecule has 3 heterocycles. The van der Waals surface area contributed by atoms with Gasteiger partial charge < -0.3 is 14.6 Å². The summed E-state index contributed by atoms with van der Waals surface area (Å²) in [7, 11) is 0. The summed E-state index contributed by atoms with van der Waals surface area (Å²) in [6, 6.07) is 11.2. The van der Waals surface area contributed by atoms with Crippen LogP contribution in [-0.2, 0) is 30.7 Å². The number of piperidine rings is 1. The van der Waals surface area contributed by atoms with Crippen LogP contribution in [0.2, 0.25) is 0 Å². The van der Waals surface area contributed by atoms with Crippen LogP contribution in [0, 0.1) is 17.8 Å². The summed E-state index contributed by atoms with van der Waals surface area (Å²) in [5, 5.41) is 18.3. The summed E-state index contributed by atoms with van der Waals surface area (Å²) in [6.45, 7) is 6.25. The number of fused-ring (bicyclic) bond motifs is 1. The highest BCUT2D eigenvalue weighted by atomic mass is 19.4. The molecule has 3 aromatic rings. The van der Waals surface area contributed by atoms with Crippen LogP contribution >= 0.6 is 0 Å². The summed E-state index contributed by atoms with van der Waals surface area (Å²) in [5.41, 5.74) is 4.50. The molecule has 1 saturated heterocycles. The topological polar surface area (TPSA) is 89.7 Å². The molecule has 0 bridgehead atoms. The molecular weight excluding hydrogens is 633 g/mol. The third kappa shape index (κ3) is 9.35. The van der Waals surface area contributed by atoms with Crippen molar-refractivity contribution in [2.75, 3.05) is 13.1 Å². The number of carboxylic acids is 1. The molecular formula is C38H49F3N4O4. The van der Waals surface area contributed by atoms with E-state index in [2.05, 4.69) is 45.1 Å². The van der Waals surface area contributed by atoms with E-state index in [1.54, 1.807) is 23.7 Å². The molecule has 2 aliphatic heterocycles. The number of rotatable bonds is 15. The van der Waals surface area contributed by atoms with Crippen molar-refractivity contribution in [3.05, 3.63) is 70.5 Å². The van der Waals surface area contributed by atoms with Crippen molar-refractivity contribution < 1.29 is 32.5 Å². The number of unbranched alkanes of at least 4 members (excludes halogenated alkanes) is 3. The molecule has 6 rings (SSSR count). The number of carbonyl (C=O) groups is 1. The van der Waals surface area contributed by atoms with Crippen LogP contribution in [0.3, 0.4) is 0 Å². The van der Waals surface area contributed by atoms with E-state index in [0.717, 1.165) is 93.4 Å². The zero-order valence-corrected chi connectivity index (χ0v) is 28.6. The molecule has 2 unspecified atom stereocenters. The lowest BCUT2D eigenvalue weighted by Crippen LogP contribution is -2.40. The fourth-order valence-electron chi connectivity index (χ4n) is 7.78. The van der Waals surface area contributed by atoms with Crippen LogP contribution in [-0.4, -0.2) is 56.5 Å². The van der Waals surface area contributed by atoms with Crippen molar-refractivity contribution in [3.63, 3.8) is 0 Å². The highest BCUT2D eigenvalue weighted by molar-refractivity contribution is 5.71. The van der Waals surface area contributed by atoms with Crippen LogP contribution in [0.15, 0.2) is 42.6 Å². The smallest absolute Gasteiger partial charge is 0.490 e. The number of aryl methyl sites for hydroxylation is 2. The SMILES string of the molecule is CCCCCCc1cn(Cc2ccc(OC(F)(F)F)c(CN3CCC([C@H]4CCc5ccc(C(C6CC6)C(C)C(=O)O)cc5O4)CC3)c2)nn1. The van der Waals surface area contributed by atoms with Gasteiger partial charge in [0.1, 0.15) is 17.6 Å². The standard InChI is InChI=1S/C38H49F3N4O4/c1-3-4-5-6-7-32-24-45(43-42-32)22-26-8-14-34(49-38(39,40)41)31(20-26)23-44-18-16-28(17-19-44)33-15-13-27-9-12-30(21-35(27)48-33)36(29-10-11-29)25(2)37(46)47/h8-9,12,14,20-21,24-25,28-29,33,36H,3-7,10-11,13,15-19,22-23H2,1-2H3,(H,46,47)/t25?,33-,36?/m1/s1. The molecule has 3 aliphatic rings. The van der Waals surface area contributed by atoms with E-state index in [1.165, 1.54) is 24.5 Å². The van der Waals surface area contributed by atoms with Crippen molar-refractivity contribution in [2.24, 2.45) is 17.8 Å². The predicted molar refractivity (Wildman–Crippen MR) is 180 cm³/mol. The number of hydrogen-bond donors (Lipinski definition) is 1. The minimum absolute atomic E-state index is 0.00580. The Balaban J connectivity index is 1.07. The van der Waals surface area contributed by atoms with Crippen molar-refractivity contribution >= 4 is 5.97 Å². The van der Waals surface area contributed by atoms with Gasteiger partial charge in [-0.2, -0.15) is 0 Å². The fraction of sp³-hybridized carbons (Fsp3) is 0.605. The van der Waals surface area contributed by atoms with Crippen molar-refractivity contribution in [1.82, 2.24) is 19.9 Å². The quantitative estimate of drug-likeness (QED) is 0.162. The molecule has 0 amide bonds. The number of aliphatic carboxylic acids is 1. The molecule has 1 aliphatic carbocycles. The van der Waals surface area contributed by atoms with E-state index >= 15 is 0 Å². The summed E-state index contributed by atoms with van der Waals surface area (Å²) in [4.78, 5) is 14.1. The van der Waals surface area contributed by atoms with Gasteiger partial charge in [0.2, 0.25) is 0 Å². The van der Waals surface area contributed by atoms with Gasteiger partial charge in [-0.1, -0.05) is 56.5 Å². The molecule has 8 nitrogen and oxygen atoms in total. The van der Waals surface area contributed by atoms with Crippen LogP contribution in [0.4, 0.5) is 13.2 Å². The maximum absolute atomic E-state index is 13.4. The summed E-state index contributed by atoms with van der Waals surface area (Å²) < 4.78 is 52.9. The number of likely N-dealkylation sites (tertiary alicyclic amines) is 1. The summed E-state index contributed by atoms with van der Waals surface area (Å²) in [6.07, 6.45) is 8.40. The highest BCUT2D eigenvalue weighted by Gasteiger charge is 2.40. The third-order valence-electron chi connectivity index (χ3n) is 10.6. The van der Waals surface area contributed by atoms with Gasteiger partial charge in [-0.3, -0.25) is 9.69 Å². The molecule has 2 fully saturated rings. The number of carboxylic acid groups (broad SMARTS) is 1. The average molecular weight is 683 g/mol. The first-order chi connectivity index (χ1) is 23.6. The Morgan fingerprint density at radius 1 is 1.04 bits per heavy atom. The van der Waals surface area contributed by atoms with E-state index in [0.29, 0.717) is 30.5 Å². The zero-order valence-electron chi connectivity index (χ0n) is 28.6. The molecule has 266 valence electrons. The molecule has 49 heavy (non-hydrogen) atoms. The van der Waals surface area contributed by atoms with Crippen LogP contribution in [0.25, 0.3) is 0 Å². The Bertz CT molecular complexity index is 1560. The van der Waals surface area contributed by atoms with E-state index in [1.807, 2.05) is 6.20 Å². The average Bonchev–Trinajstić information content (AvgIpc) is 3.81. The maximum Gasteiger partial charge on any atom is 0.573 e. The molecule has 1 N–H and O–H groups in total. The fourth-order valence-corrected chi connectivity index (χ4v) is 7.78. The van der Waals surface area contributed by atoms with Gasteiger partial charge in [-0.25, -0.2) is 4.68 Å². The lowest BCUT2D eigenvalue weighted by atomic mass is 9.81. The minimum Gasteiger partial charge on any atom is -0.490 e. The molecule has 3 atom stereocenters. The lowest BCUT2D eigenvalue weighted by Gasteiger charge is -2.38. The van der Waals surface area contributed by atoms with E-state index < -0.39 is 18.2 Å². The van der Waals surface area contributed by atoms with Crippen LogP contribution in [0.5, 0.6) is 11.5 Å². The highest BCUT2D eigenvalue weighted by Crippen LogP contribution is 2.48. The Labute approximate surface area is 287 Å². The number of aromatic nitrogens is 3. The Kier molecular flexibility index (Phi) is 11.2. The van der Waals surface area contributed by atoms with E-state index in [-0.39, 0.29) is 17.8 Å². The number of halogens is 3. The number of nitrogens with zero attached hydrogens (tertiary/aromatic N) is 4. The van der Waals surface area contributed by atoms with Crippen molar-refractivity contribution in [3.8, 4) is 11.5 Å². The minimum atomic E-state index is -4.78. The second-order valence-corrected chi connectivity index (χ2v) is 14.4. The first-order valence-corrected chi connectivity index (χ1v) is 18.1. The normalized spacial score (nSPS) is 20.0. The molecule has 11 heteroatoms. The van der Waals surface area contributed by atoms with Gasteiger partial charge in [-0.05, 0) is 117 Å². The van der Waals surface area contributed by atoms with Crippen molar-refractivity contribution in [2.45, 2.75) is 116 Å². The Morgan fingerprint density at radius 2 is 1.84 bits per heavy atom. The van der Waals surface area contributed by atoms with Crippen molar-refractivity contribution in [1.29, 1.82) is 0 Å². The molecule has 0 spiro atoms. The summed E-state index contributed by atoms with van der Waals surface area (Å²) >= 11 is 0. The monoisotopic (exact) mass is 682 g/mol. The molecule has 1 aromatic heterocycles. The molecule has 2 aromatic carbocycles. The van der Waals surface area contributed by atoms with Crippen LogP contribution in [0.1, 0.15) is 106 Å². The zero-order chi connectivity index (χ0) is 34.5. The second kappa shape index (κ2) is 15.5. The Morgan fingerprint density at radius 3 is 2.55 bits per heavy atom. The van der Waals surface area contributed by atoms with Crippen LogP contribution < -0.4 is 9.47 Å². The van der Waals surface area contributed by atoms with Gasteiger partial charge in [0.15, 0.2) is 0 Å². The Hall–Kier alpha value is -3.60. The second-order valence-electron chi connectivity index (χ2n) is 14.4. The number of hydrogen-bond acceptors (Lipinski definition) is 6. The van der Waals surface area contributed by atoms with Gasteiger partial charge in [-0.15, -0.1) is 18.3 Å².